The summed E-state index contributed by atoms with van der Waals surface area (Å²) in [5, 5.41) is 32.4. The molecule has 0 saturated heterocycles. The van der Waals surface area contributed by atoms with Gasteiger partial charge in [0.1, 0.15) is 6.33 Å². The number of aromatic nitrogens is 2. The monoisotopic (exact) mass is 365 g/mol. The zero-order valence-corrected chi connectivity index (χ0v) is 15.1. The summed E-state index contributed by atoms with van der Waals surface area (Å²) in [6.07, 6.45) is 1.55. The van der Waals surface area contributed by atoms with Gasteiger partial charge < -0.3 is 10.2 Å². The SMILES string of the molecule is Cc1cc(C)cc(Nc2ncnc(N(CCC#N)CCC#N)c2[N+](=O)[O-])c1. The average molecular weight is 365 g/mol. The summed E-state index contributed by atoms with van der Waals surface area (Å²) in [5.41, 5.74) is 2.42. The average Bonchev–Trinajstić information content (AvgIpc) is 2.60. The fourth-order valence-corrected chi connectivity index (χ4v) is 2.74. The molecule has 0 aliphatic carbocycles. The first-order valence-corrected chi connectivity index (χ1v) is 8.29. The summed E-state index contributed by atoms with van der Waals surface area (Å²) >= 11 is 0. The van der Waals surface area contributed by atoms with Gasteiger partial charge in [0, 0.05) is 18.8 Å². The van der Waals surface area contributed by atoms with E-state index < -0.39 is 4.92 Å². The first kappa shape index (κ1) is 19.6. The molecule has 0 unspecified atom stereocenters. The molecule has 0 saturated carbocycles. The Morgan fingerprint density at radius 1 is 1.11 bits per heavy atom. The second-order valence-electron chi connectivity index (χ2n) is 5.96. The van der Waals surface area contributed by atoms with Crippen molar-refractivity contribution in [3.8, 4) is 12.1 Å². The van der Waals surface area contributed by atoms with E-state index in [2.05, 4.69) is 15.3 Å². The number of rotatable bonds is 8. The van der Waals surface area contributed by atoms with Crippen molar-refractivity contribution in [1.29, 1.82) is 10.5 Å². The number of hydrogen-bond acceptors (Lipinski definition) is 8. The molecule has 2 rings (SSSR count). The van der Waals surface area contributed by atoms with E-state index in [9.17, 15) is 10.1 Å². The van der Waals surface area contributed by atoms with Gasteiger partial charge in [-0.2, -0.15) is 10.5 Å². The molecule has 0 aliphatic rings. The van der Waals surface area contributed by atoms with Crippen LogP contribution in [0.25, 0.3) is 0 Å². The number of anilines is 3. The molecule has 0 spiro atoms. The summed E-state index contributed by atoms with van der Waals surface area (Å²) < 4.78 is 0. The van der Waals surface area contributed by atoms with Crippen LogP contribution < -0.4 is 10.2 Å². The van der Waals surface area contributed by atoms with Crippen LogP contribution in [0.3, 0.4) is 0 Å². The quantitative estimate of drug-likeness (QED) is 0.556. The van der Waals surface area contributed by atoms with Crippen LogP contribution >= 0.6 is 0 Å². The lowest BCUT2D eigenvalue weighted by Crippen LogP contribution is -2.27. The van der Waals surface area contributed by atoms with Gasteiger partial charge in [0.25, 0.3) is 0 Å². The second-order valence-corrected chi connectivity index (χ2v) is 5.96. The van der Waals surface area contributed by atoms with Crippen LogP contribution in [-0.2, 0) is 0 Å². The van der Waals surface area contributed by atoms with Crippen molar-refractivity contribution in [3.05, 3.63) is 45.8 Å². The summed E-state index contributed by atoms with van der Waals surface area (Å²) in [7, 11) is 0. The van der Waals surface area contributed by atoms with Gasteiger partial charge in [0.2, 0.25) is 11.6 Å². The highest BCUT2D eigenvalue weighted by Crippen LogP contribution is 2.34. The molecule has 9 heteroatoms. The molecule has 0 fully saturated rings. The van der Waals surface area contributed by atoms with Crippen molar-refractivity contribution in [2.75, 3.05) is 23.3 Å². The lowest BCUT2D eigenvalue weighted by molar-refractivity contribution is -0.383. The smallest absolute Gasteiger partial charge is 0.349 e. The van der Waals surface area contributed by atoms with Crippen molar-refractivity contribution in [2.24, 2.45) is 0 Å². The first-order valence-electron chi connectivity index (χ1n) is 8.29. The minimum Gasteiger partial charge on any atom is -0.349 e. The number of nitrogens with one attached hydrogen (secondary N) is 1. The third-order valence-electron chi connectivity index (χ3n) is 3.76. The number of nitro groups is 1. The standard InChI is InChI=1S/C18H19N7O2/c1-13-9-14(2)11-15(10-13)23-17-16(25(26)27)18(22-12-21-17)24(7-3-5-19)8-4-6-20/h9-12H,3-4,7-8H2,1-2H3,(H,21,22,23). The Labute approximate surface area is 157 Å². The van der Waals surface area contributed by atoms with E-state index in [1.165, 1.54) is 6.33 Å². The van der Waals surface area contributed by atoms with Crippen LogP contribution in [0.15, 0.2) is 24.5 Å². The van der Waals surface area contributed by atoms with Crippen LogP contribution in [0, 0.1) is 46.6 Å². The highest BCUT2D eigenvalue weighted by Gasteiger charge is 2.27. The predicted octanol–water partition coefficient (Wildman–Crippen LogP) is 3.38. The Morgan fingerprint density at radius 3 is 2.22 bits per heavy atom. The van der Waals surface area contributed by atoms with Crippen molar-refractivity contribution >= 4 is 23.0 Å². The van der Waals surface area contributed by atoms with E-state index in [1.807, 2.05) is 44.2 Å². The number of nitrogens with zero attached hydrogens (tertiary/aromatic N) is 6. The van der Waals surface area contributed by atoms with E-state index in [0.717, 1.165) is 11.1 Å². The zero-order chi connectivity index (χ0) is 19.8. The molecule has 27 heavy (non-hydrogen) atoms. The van der Waals surface area contributed by atoms with Gasteiger partial charge >= 0.3 is 5.69 Å². The van der Waals surface area contributed by atoms with Crippen molar-refractivity contribution in [2.45, 2.75) is 26.7 Å². The molecule has 1 aromatic heterocycles. The number of nitriles is 2. The van der Waals surface area contributed by atoms with Gasteiger partial charge in [-0.3, -0.25) is 10.1 Å². The van der Waals surface area contributed by atoms with Gasteiger partial charge in [-0.05, 0) is 37.1 Å². The predicted molar refractivity (Wildman–Crippen MR) is 101 cm³/mol. The van der Waals surface area contributed by atoms with E-state index in [4.69, 9.17) is 10.5 Å². The molecule has 0 amide bonds. The van der Waals surface area contributed by atoms with Crippen LogP contribution in [0.4, 0.5) is 23.0 Å². The summed E-state index contributed by atoms with van der Waals surface area (Å²) in [6.45, 7) is 4.34. The fourth-order valence-electron chi connectivity index (χ4n) is 2.74. The molecule has 138 valence electrons. The Balaban J connectivity index is 2.47. The van der Waals surface area contributed by atoms with E-state index >= 15 is 0 Å². The highest BCUT2D eigenvalue weighted by atomic mass is 16.6. The van der Waals surface area contributed by atoms with Crippen molar-refractivity contribution in [3.63, 3.8) is 0 Å². The Bertz CT molecular complexity index is 877. The van der Waals surface area contributed by atoms with Gasteiger partial charge in [-0.15, -0.1) is 0 Å². The fraction of sp³-hybridized carbons (Fsp3) is 0.333. The molecule has 1 N–H and O–H groups in total. The van der Waals surface area contributed by atoms with Crippen LogP contribution in [0.5, 0.6) is 0 Å². The van der Waals surface area contributed by atoms with Crippen molar-refractivity contribution < 1.29 is 4.92 Å². The third kappa shape index (κ3) is 5.13. The normalized spacial score (nSPS) is 9.93. The molecule has 1 aromatic carbocycles. The highest BCUT2D eigenvalue weighted by molar-refractivity contribution is 5.74. The zero-order valence-electron chi connectivity index (χ0n) is 15.1. The van der Waals surface area contributed by atoms with E-state index in [1.54, 1.807) is 4.90 Å². The molecular weight excluding hydrogens is 346 g/mol. The molecule has 9 nitrogen and oxygen atoms in total. The van der Waals surface area contributed by atoms with Crippen LogP contribution in [-0.4, -0.2) is 28.0 Å². The van der Waals surface area contributed by atoms with Gasteiger partial charge in [0.15, 0.2) is 0 Å². The minimum absolute atomic E-state index is 0.0638. The Kier molecular flexibility index (Phi) is 6.61. The second kappa shape index (κ2) is 9.11. The van der Waals surface area contributed by atoms with Gasteiger partial charge in [0.05, 0.1) is 29.9 Å². The van der Waals surface area contributed by atoms with E-state index in [0.29, 0.717) is 5.69 Å². The maximum Gasteiger partial charge on any atom is 0.353 e. The number of benzene rings is 1. The lowest BCUT2D eigenvalue weighted by atomic mass is 10.1. The Morgan fingerprint density at radius 2 is 1.70 bits per heavy atom. The maximum absolute atomic E-state index is 11.7. The van der Waals surface area contributed by atoms with Crippen LogP contribution in [0.1, 0.15) is 24.0 Å². The summed E-state index contributed by atoms with van der Waals surface area (Å²) in [4.78, 5) is 20.9. The van der Waals surface area contributed by atoms with Crippen LogP contribution in [0.2, 0.25) is 0 Å². The lowest BCUT2D eigenvalue weighted by Gasteiger charge is -2.21. The molecular formula is C18H19N7O2. The summed E-state index contributed by atoms with van der Waals surface area (Å²) in [6, 6.07) is 9.74. The Hall–Kier alpha value is -3.72. The van der Waals surface area contributed by atoms with Gasteiger partial charge in [-0.25, -0.2) is 9.97 Å². The molecule has 1 heterocycles. The molecule has 2 aromatic rings. The maximum atomic E-state index is 11.7. The number of hydrogen-bond donors (Lipinski definition) is 1. The van der Waals surface area contributed by atoms with E-state index in [-0.39, 0.29) is 43.3 Å². The molecule has 0 atom stereocenters. The van der Waals surface area contributed by atoms with Crippen molar-refractivity contribution in [1.82, 2.24) is 9.97 Å². The molecule has 0 aliphatic heterocycles. The minimum atomic E-state index is -0.550. The molecule has 0 bridgehead atoms. The summed E-state index contributed by atoms with van der Waals surface area (Å²) in [5.74, 6) is 0.154. The number of aryl methyl sites for hydroxylation is 2. The molecule has 0 radical (unpaired) electrons. The third-order valence-corrected chi connectivity index (χ3v) is 3.76. The first-order chi connectivity index (χ1) is 13.0. The van der Waals surface area contributed by atoms with Gasteiger partial charge in [-0.1, -0.05) is 6.07 Å². The largest absolute Gasteiger partial charge is 0.353 e. The topological polar surface area (TPSA) is 132 Å².